The van der Waals surface area contributed by atoms with E-state index in [9.17, 15) is 4.39 Å². The summed E-state index contributed by atoms with van der Waals surface area (Å²) in [7, 11) is 0. The van der Waals surface area contributed by atoms with Gasteiger partial charge in [0.05, 0.1) is 0 Å². The number of hydrogen-bond acceptors (Lipinski definition) is 0. The Balaban J connectivity index is 3.14. The van der Waals surface area contributed by atoms with Crippen LogP contribution in [0.25, 0.3) is 0 Å². The Kier molecular flexibility index (Phi) is 3.62. The molecule has 0 unspecified atom stereocenters. The number of halogens is 2. The van der Waals surface area contributed by atoms with E-state index >= 15 is 0 Å². The van der Waals surface area contributed by atoms with Crippen LogP contribution in [0.3, 0.4) is 0 Å². The van der Waals surface area contributed by atoms with Gasteiger partial charge in [0.25, 0.3) is 0 Å². The van der Waals surface area contributed by atoms with Gasteiger partial charge in [0.1, 0.15) is 6.17 Å². The van der Waals surface area contributed by atoms with E-state index in [1.54, 1.807) is 0 Å². The van der Waals surface area contributed by atoms with Crippen LogP contribution >= 0.6 is 15.9 Å². The fourth-order valence-corrected chi connectivity index (χ4v) is 0.926. The molecule has 0 N–H and O–H groups in total. The molecule has 0 fully saturated rings. The lowest BCUT2D eigenvalue weighted by atomic mass is 10.1. The highest BCUT2D eigenvalue weighted by Crippen LogP contribution is 2.07. The van der Waals surface area contributed by atoms with Crippen molar-refractivity contribution in [3.05, 3.63) is 0 Å². The van der Waals surface area contributed by atoms with Crippen molar-refractivity contribution in [2.45, 2.75) is 20.0 Å². The van der Waals surface area contributed by atoms with E-state index in [1.807, 2.05) is 13.8 Å². The summed E-state index contributed by atoms with van der Waals surface area (Å²) in [6.07, 6.45) is -0.681. The van der Waals surface area contributed by atoms with Gasteiger partial charge >= 0.3 is 0 Å². The molecule has 0 nitrogen and oxygen atoms in total. The van der Waals surface area contributed by atoms with Crippen LogP contribution in [0.15, 0.2) is 0 Å². The molecule has 44 valence electrons. The summed E-state index contributed by atoms with van der Waals surface area (Å²) >= 11 is 3.04. The van der Waals surface area contributed by atoms with Crippen molar-refractivity contribution in [2.24, 2.45) is 5.92 Å². The molecule has 2 heteroatoms. The third-order valence-corrected chi connectivity index (χ3v) is 1.49. The van der Waals surface area contributed by atoms with Crippen molar-refractivity contribution in [3.8, 4) is 0 Å². The SMILES string of the molecule is CC(C)[C@@H](F)CBr. The van der Waals surface area contributed by atoms with Gasteiger partial charge in [0, 0.05) is 5.33 Å². The molecule has 0 saturated heterocycles. The molecule has 0 aromatic heterocycles. The lowest BCUT2D eigenvalue weighted by molar-refractivity contribution is 0.287. The summed E-state index contributed by atoms with van der Waals surface area (Å²) in [6, 6.07) is 0. The van der Waals surface area contributed by atoms with Crippen molar-refractivity contribution in [1.82, 2.24) is 0 Å². The number of rotatable bonds is 2. The van der Waals surface area contributed by atoms with E-state index in [1.165, 1.54) is 0 Å². The Bertz CT molecular complexity index is 45.3. The Labute approximate surface area is 52.2 Å². The molecule has 0 aromatic rings. The molecule has 0 heterocycles. The van der Waals surface area contributed by atoms with Crippen molar-refractivity contribution in [1.29, 1.82) is 0 Å². The monoisotopic (exact) mass is 168 g/mol. The van der Waals surface area contributed by atoms with Crippen molar-refractivity contribution in [3.63, 3.8) is 0 Å². The third kappa shape index (κ3) is 3.03. The molecular weight excluding hydrogens is 159 g/mol. The first-order chi connectivity index (χ1) is 3.18. The smallest absolute Gasteiger partial charge is 0.112 e. The molecule has 0 spiro atoms. The largest absolute Gasteiger partial charge is 0.246 e. The van der Waals surface area contributed by atoms with E-state index in [-0.39, 0.29) is 5.92 Å². The van der Waals surface area contributed by atoms with Crippen LogP contribution < -0.4 is 0 Å². The zero-order valence-electron chi connectivity index (χ0n) is 4.62. The highest BCUT2D eigenvalue weighted by Gasteiger charge is 2.07. The lowest BCUT2D eigenvalue weighted by Crippen LogP contribution is -2.09. The maximum atomic E-state index is 12.2. The average molecular weight is 169 g/mol. The molecule has 0 aromatic carbocycles. The Morgan fingerprint density at radius 2 is 2.00 bits per heavy atom. The van der Waals surface area contributed by atoms with Gasteiger partial charge < -0.3 is 0 Å². The minimum Gasteiger partial charge on any atom is -0.246 e. The van der Waals surface area contributed by atoms with Gasteiger partial charge in [-0.05, 0) is 5.92 Å². The second kappa shape index (κ2) is 3.42. The van der Waals surface area contributed by atoms with E-state index in [0.29, 0.717) is 5.33 Å². The fraction of sp³-hybridized carbons (Fsp3) is 1.00. The first kappa shape index (κ1) is 7.41. The quantitative estimate of drug-likeness (QED) is 0.556. The average Bonchev–Trinajstić information content (AvgIpc) is 1.65. The van der Waals surface area contributed by atoms with Crippen LogP contribution in [-0.2, 0) is 0 Å². The van der Waals surface area contributed by atoms with Gasteiger partial charge in [-0.25, -0.2) is 4.39 Å². The van der Waals surface area contributed by atoms with Crippen LogP contribution in [0, 0.1) is 5.92 Å². The summed E-state index contributed by atoms with van der Waals surface area (Å²) in [6.45, 7) is 3.73. The standard InChI is InChI=1S/C5H10BrF/c1-4(2)5(7)3-6/h4-5H,3H2,1-2H3/t5-/m0/s1. The van der Waals surface area contributed by atoms with E-state index < -0.39 is 6.17 Å². The van der Waals surface area contributed by atoms with Crippen molar-refractivity contribution >= 4 is 15.9 Å². The predicted octanol–water partition coefficient (Wildman–Crippen LogP) is 2.38. The highest BCUT2D eigenvalue weighted by atomic mass is 79.9. The van der Waals surface area contributed by atoms with Crippen LogP contribution in [0.4, 0.5) is 4.39 Å². The van der Waals surface area contributed by atoms with Crippen LogP contribution in [-0.4, -0.2) is 11.5 Å². The minimum atomic E-state index is -0.681. The normalized spacial score (nSPS) is 15.0. The molecule has 0 amide bonds. The molecule has 1 atom stereocenters. The summed E-state index contributed by atoms with van der Waals surface area (Å²) in [5, 5.41) is 0.463. The maximum absolute atomic E-state index is 12.2. The Morgan fingerprint density at radius 1 is 1.57 bits per heavy atom. The van der Waals surface area contributed by atoms with Gasteiger partial charge in [0.15, 0.2) is 0 Å². The minimum absolute atomic E-state index is 0.152. The molecule has 0 aliphatic rings. The van der Waals surface area contributed by atoms with Crippen molar-refractivity contribution in [2.75, 3.05) is 5.33 Å². The first-order valence-corrected chi connectivity index (χ1v) is 3.50. The van der Waals surface area contributed by atoms with Crippen molar-refractivity contribution < 1.29 is 4.39 Å². The zero-order valence-corrected chi connectivity index (χ0v) is 6.20. The summed E-state index contributed by atoms with van der Waals surface area (Å²) in [4.78, 5) is 0. The van der Waals surface area contributed by atoms with Gasteiger partial charge in [0.2, 0.25) is 0 Å². The zero-order chi connectivity index (χ0) is 5.86. The second-order valence-corrected chi connectivity index (χ2v) is 2.56. The first-order valence-electron chi connectivity index (χ1n) is 2.38. The van der Waals surface area contributed by atoms with Crippen LogP contribution in [0.5, 0.6) is 0 Å². The molecule has 0 saturated carbocycles. The molecule has 0 aliphatic carbocycles. The van der Waals surface area contributed by atoms with E-state index in [0.717, 1.165) is 0 Å². The predicted molar refractivity (Wildman–Crippen MR) is 33.5 cm³/mol. The number of alkyl halides is 2. The number of hydrogen-bond donors (Lipinski definition) is 0. The molecule has 0 radical (unpaired) electrons. The van der Waals surface area contributed by atoms with Crippen LogP contribution in [0.2, 0.25) is 0 Å². The Hall–Kier alpha value is 0.410. The molecule has 0 aliphatic heterocycles. The molecule has 0 rings (SSSR count). The Morgan fingerprint density at radius 3 is 2.00 bits per heavy atom. The van der Waals surface area contributed by atoms with Gasteiger partial charge in [-0.15, -0.1) is 0 Å². The second-order valence-electron chi connectivity index (χ2n) is 1.91. The van der Waals surface area contributed by atoms with Gasteiger partial charge in [-0.1, -0.05) is 29.8 Å². The van der Waals surface area contributed by atoms with Gasteiger partial charge in [-0.2, -0.15) is 0 Å². The third-order valence-electron chi connectivity index (χ3n) is 0.871. The fourth-order valence-electron chi connectivity index (χ4n) is 0.178. The lowest BCUT2D eigenvalue weighted by Gasteiger charge is -2.05. The summed E-state index contributed by atoms with van der Waals surface area (Å²) in [5.41, 5.74) is 0. The van der Waals surface area contributed by atoms with Gasteiger partial charge in [-0.3, -0.25) is 0 Å². The van der Waals surface area contributed by atoms with E-state index in [2.05, 4.69) is 15.9 Å². The highest BCUT2D eigenvalue weighted by molar-refractivity contribution is 9.09. The molecular formula is C5H10BrF. The van der Waals surface area contributed by atoms with Crippen LogP contribution in [0.1, 0.15) is 13.8 Å². The van der Waals surface area contributed by atoms with E-state index in [4.69, 9.17) is 0 Å². The topological polar surface area (TPSA) is 0 Å². The summed E-state index contributed by atoms with van der Waals surface area (Å²) in [5.74, 6) is 0.152. The maximum Gasteiger partial charge on any atom is 0.112 e. The molecule has 0 bridgehead atoms. The summed E-state index contributed by atoms with van der Waals surface area (Å²) < 4.78 is 12.2. The molecule has 7 heavy (non-hydrogen) atoms.